The third-order valence-electron chi connectivity index (χ3n) is 3.98. The molecule has 1 amide bonds. The molecule has 8 heteroatoms. The van der Waals surface area contributed by atoms with Crippen molar-refractivity contribution in [2.75, 3.05) is 6.54 Å². The summed E-state index contributed by atoms with van der Waals surface area (Å²) in [7, 11) is 0. The molecule has 1 atom stereocenters. The second kappa shape index (κ2) is 5.78. The zero-order valence-corrected chi connectivity index (χ0v) is 12.7. The van der Waals surface area contributed by atoms with Crippen molar-refractivity contribution in [3.8, 4) is 0 Å². The Morgan fingerprint density at radius 3 is 2.91 bits per heavy atom. The lowest BCUT2D eigenvalue weighted by molar-refractivity contribution is 0.0585. The first-order valence-corrected chi connectivity index (χ1v) is 7.57. The number of nitrogens with zero attached hydrogens (tertiary/aromatic N) is 4. The van der Waals surface area contributed by atoms with Crippen molar-refractivity contribution in [1.29, 1.82) is 0 Å². The second-order valence-corrected chi connectivity index (χ2v) is 5.83. The molecule has 22 heavy (non-hydrogen) atoms. The van der Waals surface area contributed by atoms with Crippen LogP contribution in [0.2, 0.25) is 0 Å². The lowest BCUT2D eigenvalue weighted by Gasteiger charge is -2.34. The first-order chi connectivity index (χ1) is 10.6. The lowest BCUT2D eigenvalue weighted by Crippen LogP contribution is -2.40. The molecule has 8 nitrogen and oxygen atoms in total. The Morgan fingerprint density at radius 2 is 2.23 bits per heavy atom. The van der Waals surface area contributed by atoms with Gasteiger partial charge in [-0.15, -0.1) is 0 Å². The van der Waals surface area contributed by atoms with Gasteiger partial charge >= 0.3 is 5.69 Å². The van der Waals surface area contributed by atoms with Gasteiger partial charge in [0.05, 0.1) is 6.04 Å². The Hall–Kier alpha value is -2.38. The van der Waals surface area contributed by atoms with E-state index in [2.05, 4.69) is 20.3 Å². The Morgan fingerprint density at radius 1 is 1.41 bits per heavy atom. The van der Waals surface area contributed by atoms with E-state index in [1.54, 1.807) is 21.8 Å². The van der Waals surface area contributed by atoms with Crippen LogP contribution in [-0.2, 0) is 0 Å². The molecule has 0 bridgehead atoms. The van der Waals surface area contributed by atoms with Gasteiger partial charge in [0, 0.05) is 18.8 Å². The number of carbonyl (C=O) groups is 1. The summed E-state index contributed by atoms with van der Waals surface area (Å²) >= 11 is 0. The van der Waals surface area contributed by atoms with Gasteiger partial charge in [-0.3, -0.25) is 14.5 Å². The number of likely N-dealkylation sites (tertiary alicyclic amines) is 1. The van der Waals surface area contributed by atoms with Crippen LogP contribution in [-0.4, -0.2) is 42.3 Å². The second-order valence-electron chi connectivity index (χ2n) is 5.83. The first-order valence-electron chi connectivity index (χ1n) is 7.57. The van der Waals surface area contributed by atoms with Gasteiger partial charge in [0.2, 0.25) is 0 Å². The number of amides is 1. The largest absolute Gasteiger partial charge is 0.340 e. The van der Waals surface area contributed by atoms with E-state index in [0.29, 0.717) is 18.1 Å². The molecule has 0 unspecified atom stereocenters. The Kier molecular flexibility index (Phi) is 3.82. The number of rotatable bonds is 3. The molecule has 0 saturated carbocycles. The highest BCUT2D eigenvalue weighted by Crippen LogP contribution is 2.29. The number of carbonyl (C=O) groups excluding carboxylic acids is 1. The molecular formula is C14H20N6O2. The van der Waals surface area contributed by atoms with Crippen LogP contribution in [0.3, 0.4) is 0 Å². The van der Waals surface area contributed by atoms with Gasteiger partial charge in [0.25, 0.3) is 5.91 Å². The Bertz CT molecular complexity index is 713. The summed E-state index contributed by atoms with van der Waals surface area (Å²) in [5, 5.41) is 10.6. The van der Waals surface area contributed by atoms with E-state index < -0.39 is 0 Å². The zero-order chi connectivity index (χ0) is 15.7. The van der Waals surface area contributed by atoms with Crippen LogP contribution < -0.4 is 5.69 Å². The third kappa shape index (κ3) is 2.56. The number of hydrogen-bond donors (Lipinski definition) is 2. The van der Waals surface area contributed by atoms with E-state index in [-0.39, 0.29) is 23.7 Å². The molecule has 2 aromatic rings. The van der Waals surface area contributed by atoms with Crippen LogP contribution in [0.4, 0.5) is 0 Å². The molecule has 1 fully saturated rings. The van der Waals surface area contributed by atoms with Crippen LogP contribution in [0.25, 0.3) is 0 Å². The van der Waals surface area contributed by atoms with Crippen molar-refractivity contribution in [1.82, 2.24) is 29.9 Å². The SMILES string of the molecule is CC(C)n1nccc1C(=O)N1CCCC[C@H]1c1n[nH]c(=O)[nH]1. The van der Waals surface area contributed by atoms with Crippen LogP contribution in [0.15, 0.2) is 17.1 Å². The highest BCUT2D eigenvalue weighted by atomic mass is 16.2. The minimum Gasteiger partial charge on any atom is -0.327 e. The lowest BCUT2D eigenvalue weighted by atomic mass is 10.0. The number of aromatic amines is 2. The van der Waals surface area contributed by atoms with Gasteiger partial charge in [-0.25, -0.2) is 9.89 Å². The summed E-state index contributed by atoms with van der Waals surface area (Å²) in [6, 6.07) is 1.65. The quantitative estimate of drug-likeness (QED) is 0.891. The van der Waals surface area contributed by atoms with E-state index in [4.69, 9.17) is 0 Å². The van der Waals surface area contributed by atoms with Crippen molar-refractivity contribution in [3.63, 3.8) is 0 Å². The molecule has 0 aliphatic carbocycles. The molecule has 3 rings (SSSR count). The molecule has 1 saturated heterocycles. The summed E-state index contributed by atoms with van der Waals surface area (Å²) in [5.74, 6) is 0.452. The fraction of sp³-hybridized carbons (Fsp3) is 0.571. The maximum Gasteiger partial charge on any atom is 0.340 e. The molecule has 2 aromatic heterocycles. The Labute approximate surface area is 127 Å². The zero-order valence-electron chi connectivity index (χ0n) is 12.7. The first kappa shape index (κ1) is 14.6. The Balaban J connectivity index is 1.91. The summed E-state index contributed by atoms with van der Waals surface area (Å²) in [6.07, 6.45) is 4.39. The molecule has 0 radical (unpaired) electrons. The maximum atomic E-state index is 12.9. The normalized spacial score (nSPS) is 18.9. The topological polar surface area (TPSA) is 99.7 Å². The van der Waals surface area contributed by atoms with E-state index >= 15 is 0 Å². The molecule has 118 valence electrons. The monoisotopic (exact) mass is 304 g/mol. The van der Waals surface area contributed by atoms with Crippen molar-refractivity contribution < 1.29 is 4.79 Å². The molecule has 2 N–H and O–H groups in total. The van der Waals surface area contributed by atoms with Gasteiger partial charge in [-0.05, 0) is 39.2 Å². The average molecular weight is 304 g/mol. The van der Waals surface area contributed by atoms with Crippen LogP contribution in [0, 0.1) is 0 Å². The van der Waals surface area contributed by atoms with E-state index in [9.17, 15) is 9.59 Å². The van der Waals surface area contributed by atoms with E-state index in [1.807, 2.05) is 13.8 Å². The van der Waals surface area contributed by atoms with Crippen LogP contribution in [0.5, 0.6) is 0 Å². The van der Waals surface area contributed by atoms with Gasteiger partial charge in [-0.2, -0.15) is 10.2 Å². The summed E-state index contributed by atoms with van der Waals surface area (Å²) in [6.45, 7) is 4.63. The van der Waals surface area contributed by atoms with Gasteiger partial charge in [0.15, 0.2) is 5.82 Å². The smallest absolute Gasteiger partial charge is 0.327 e. The van der Waals surface area contributed by atoms with Crippen molar-refractivity contribution >= 4 is 5.91 Å². The van der Waals surface area contributed by atoms with Crippen molar-refractivity contribution in [2.45, 2.75) is 45.2 Å². The number of hydrogen-bond acceptors (Lipinski definition) is 4. The predicted molar refractivity (Wildman–Crippen MR) is 79.4 cm³/mol. The summed E-state index contributed by atoms with van der Waals surface area (Å²) in [4.78, 5) is 28.7. The molecule has 1 aliphatic rings. The molecule has 1 aliphatic heterocycles. The molecular weight excluding hydrogens is 284 g/mol. The number of piperidine rings is 1. The van der Waals surface area contributed by atoms with E-state index in [1.165, 1.54) is 0 Å². The van der Waals surface area contributed by atoms with Crippen molar-refractivity contribution in [3.05, 3.63) is 34.3 Å². The maximum absolute atomic E-state index is 12.9. The van der Waals surface area contributed by atoms with Crippen molar-refractivity contribution in [2.24, 2.45) is 0 Å². The highest BCUT2D eigenvalue weighted by Gasteiger charge is 2.32. The van der Waals surface area contributed by atoms with Gasteiger partial charge in [0.1, 0.15) is 5.69 Å². The van der Waals surface area contributed by atoms with E-state index in [0.717, 1.165) is 19.3 Å². The molecule has 0 aromatic carbocycles. The summed E-state index contributed by atoms with van der Waals surface area (Å²) < 4.78 is 1.72. The van der Waals surface area contributed by atoms with Gasteiger partial charge < -0.3 is 4.90 Å². The predicted octanol–water partition coefficient (Wildman–Crippen LogP) is 1.24. The number of nitrogens with one attached hydrogen (secondary N) is 2. The highest BCUT2D eigenvalue weighted by molar-refractivity contribution is 5.92. The number of aromatic nitrogens is 5. The molecule has 3 heterocycles. The average Bonchev–Trinajstić information content (AvgIpc) is 3.15. The fourth-order valence-electron chi connectivity index (χ4n) is 2.94. The fourth-order valence-corrected chi connectivity index (χ4v) is 2.94. The van der Waals surface area contributed by atoms with Crippen LogP contribution >= 0.6 is 0 Å². The number of H-pyrrole nitrogens is 2. The minimum atomic E-state index is -0.347. The van der Waals surface area contributed by atoms with Crippen LogP contribution in [0.1, 0.15) is 61.5 Å². The van der Waals surface area contributed by atoms with Gasteiger partial charge in [-0.1, -0.05) is 0 Å². The third-order valence-corrected chi connectivity index (χ3v) is 3.98. The minimum absolute atomic E-state index is 0.0697. The standard InChI is InChI=1S/C14H20N6O2/c1-9(2)20-11(6-7-15-20)13(21)19-8-4-3-5-10(19)12-16-14(22)18-17-12/h6-7,9-10H,3-5,8H2,1-2H3,(H2,16,17,18,22)/t10-/m0/s1. The summed E-state index contributed by atoms with van der Waals surface area (Å²) in [5.41, 5.74) is 0.222. The molecule has 0 spiro atoms.